The van der Waals surface area contributed by atoms with Gasteiger partial charge in [-0.05, 0) is 11.6 Å². The zero-order valence-electron chi connectivity index (χ0n) is 12.3. The van der Waals surface area contributed by atoms with Gasteiger partial charge in [0.05, 0.1) is 5.56 Å². The molecule has 0 aliphatic rings. The number of aromatic nitrogens is 2. The minimum absolute atomic E-state index is 0.157. The summed E-state index contributed by atoms with van der Waals surface area (Å²) in [6.07, 6.45) is -4.35. The molecule has 0 atom stereocenters. The zero-order chi connectivity index (χ0) is 17.0. The number of benzene rings is 1. The fourth-order valence-corrected chi connectivity index (χ4v) is 3.25. The molecule has 0 saturated heterocycles. The fourth-order valence-electron chi connectivity index (χ4n) is 1.55. The standard InChI is InChI=1S/C14H14F3N3OS2/c1-8(2)11(21)18-12-19-20-13(23-12)22-7-9-4-3-5-10(6-9)14(15,16)17/h3-6,8H,7H2,1-2H3,(H,18,19,21). The van der Waals surface area contributed by atoms with E-state index in [0.717, 1.165) is 12.1 Å². The summed E-state index contributed by atoms with van der Waals surface area (Å²) >= 11 is 2.47. The van der Waals surface area contributed by atoms with Crippen molar-refractivity contribution in [3.05, 3.63) is 35.4 Å². The Morgan fingerprint density at radius 2 is 2.09 bits per heavy atom. The van der Waals surface area contributed by atoms with E-state index in [1.807, 2.05) is 0 Å². The lowest BCUT2D eigenvalue weighted by Crippen LogP contribution is -2.17. The number of anilines is 1. The van der Waals surface area contributed by atoms with Crippen molar-refractivity contribution in [2.75, 3.05) is 5.32 Å². The number of amides is 1. The Labute approximate surface area is 139 Å². The van der Waals surface area contributed by atoms with E-state index >= 15 is 0 Å². The van der Waals surface area contributed by atoms with Crippen molar-refractivity contribution in [3.63, 3.8) is 0 Å². The predicted molar refractivity (Wildman–Crippen MR) is 84.4 cm³/mol. The van der Waals surface area contributed by atoms with Crippen LogP contribution in [0.15, 0.2) is 28.6 Å². The average Bonchev–Trinajstić information content (AvgIpc) is 2.92. The molecule has 9 heteroatoms. The van der Waals surface area contributed by atoms with Crippen LogP contribution < -0.4 is 5.32 Å². The lowest BCUT2D eigenvalue weighted by molar-refractivity contribution is -0.137. The Morgan fingerprint density at radius 1 is 1.35 bits per heavy atom. The van der Waals surface area contributed by atoms with Gasteiger partial charge in [0.15, 0.2) is 4.34 Å². The van der Waals surface area contributed by atoms with E-state index in [-0.39, 0.29) is 11.8 Å². The highest BCUT2D eigenvalue weighted by atomic mass is 32.2. The maximum absolute atomic E-state index is 12.7. The third-order valence-electron chi connectivity index (χ3n) is 2.78. The summed E-state index contributed by atoms with van der Waals surface area (Å²) in [6, 6.07) is 5.17. The average molecular weight is 361 g/mol. The number of halogens is 3. The van der Waals surface area contributed by atoms with E-state index in [2.05, 4.69) is 15.5 Å². The Balaban J connectivity index is 1.97. The van der Waals surface area contributed by atoms with Crippen LogP contribution in [0.25, 0.3) is 0 Å². The van der Waals surface area contributed by atoms with Gasteiger partial charge in [0, 0.05) is 11.7 Å². The van der Waals surface area contributed by atoms with E-state index < -0.39 is 11.7 Å². The van der Waals surface area contributed by atoms with Crippen LogP contribution in [-0.4, -0.2) is 16.1 Å². The molecule has 0 saturated carbocycles. The van der Waals surface area contributed by atoms with Crippen molar-refractivity contribution in [1.29, 1.82) is 0 Å². The SMILES string of the molecule is CC(C)C(=O)Nc1nnc(SCc2cccc(C(F)(F)F)c2)s1. The van der Waals surface area contributed by atoms with Crippen LogP contribution in [0.2, 0.25) is 0 Å². The van der Waals surface area contributed by atoms with E-state index in [4.69, 9.17) is 0 Å². The van der Waals surface area contributed by atoms with Crippen LogP contribution >= 0.6 is 23.1 Å². The molecule has 0 unspecified atom stereocenters. The number of nitrogens with zero attached hydrogens (tertiary/aromatic N) is 2. The fraction of sp³-hybridized carbons (Fsp3) is 0.357. The summed E-state index contributed by atoms with van der Waals surface area (Å²) in [5.41, 5.74) is -0.120. The molecule has 4 nitrogen and oxygen atoms in total. The van der Waals surface area contributed by atoms with E-state index in [9.17, 15) is 18.0 Å². The number of carbonyl (C=O) groups is 1. The predicted octanol–water partition coefficient (Wildman–Crippen LogP) is 4.44. The first-order valence-electron chi connectivity index (χ1n) is 6.69. The summed E-state index contributed by atoms with van der Waals surface area (Å²) in [5, 5.41) is 10.8. The Hall–Kier alpha value is -1.61. The monoisotopic (exact) mass is 361 g/mol. The first-order valence-corrected chi connectivity index (χ1v) is 8.49. The van der Waals surface area contributed by atoms with Gasteiger partial charge in [-0.25, -0.2) is 0 Å². The summed E-state index contributed by atoms with van der Waals surface area (Å²) < 4.78 is 38.5. The van der Waals surface area contributed by atoms with Crippen LogP contribution in [0.4, 0.5) is 18.3 Å². The van der Waals surface area contributed by atoms with Crippen molar-refractivity contribution >= 4 is 34.1 Å². The first-order chi connectivity index (χ1) is 10.8. The zero-order valence-corrected chi connectivity index (χ0v) is 14.0. The maximum atomic E-state index is 12.7. The first kappa shape index (κ1) is 17.7. The lowest BCUT2D eigenvalue weighted by atomic mass is 10.1. The number of alkyl halides is 3. The maximum Gasteiger partial charge on any atom is 0.416 e. The molecule has 0 radical (unpaired) electrons. The molecule has 1 heterocycles. The van der Waals surface area contributed by atoms with Gasteiger partial charge in [-0.2, -0.15) is 13.2 Å². The number of thioether (sulfide) groups is 1. The molecule has 1 aromatic carbocycles. The molecule has 0 spiro atoms. The van der Waals surface area contributed by atoms with Gasteiger partial charge in [-0.15, -0.1) is 10.2 Å². The number of rotatable bonds is 5. The van der Waals surface area contributed by atoms with Crippen molar-refractivity contribution in [1.82, 2.24) is 10.2 Å². The minimum atomic E-state index is -4.35. The van der Waals surface area contributed by atoms with Crippen molar-refractivity contribution < 1.29 is 18.0 Å². The van der Waals surface area contributed by atoms with E-state index in [1.54, 1.807) is 19.9 Å². The van der Waals surface area contributed by atoms with Crippen LogP contribution in [0.5, 0.6) is 0 Å². The minimum Gasteiger partial charge on any atom is -0.300 e. The molecular weight excluding hydrogens is 347 g/mol. The highest BCUT2D eigenvalue weighted by Crippen LogP contribution is 2.32. The number of hydrogen-bond acceptors (Lipinski definition) is 5. The number of nitrogens with one attached hydrogen (secondary N) is 1. The largest absolute Gasteiger partial charge is 0.416 e. The van der Waals surface area contributed by atoms with Crippen molar-refractivity contribution in [2.24, 2.45) is 5.92 Å². The molecule has 124 valence electrons. The van der Waals surface area contributed by atoms with E-state index in [1.165, 1.54) is 29.2 Å². The quantitative estimate of drug-likeness (QED) is 0.632. The number of carbonyl (C=O) groups excluding carboxylic acids is 1. The van der Waals surface area contributed by atoms with Crippen LogP contribution in [0.3, 0.4) is 0 Å². The molecule has 1 N–H and O–H groups in total. The molecule has 0 aliphatic carbocycles. The molecule has 23 heavy (non-hydrogen) atoms. The molecule has 0 aliphatic heterocycles. The van der Waals surface area contributed by atoms with Gasteiger partial charge in [0.2, 0.25) is 11.0 Å². The molecule has 1 amide bonds. The molecular formula is C14H14F3N3OS2. The molecule has 2 aromatic rings. The second-order valence-electron chi connectivity index (χ2n) is 5.00. The van der Waals surface area contributed by atoms with Crippen LogP contribution in [0.1, 0.15) is 25.0 Å². The van der Waals surface area contributed by atoms with E-state index in [0.29, 0.717) is 20.8 Å². The highest BCUT2D eigenvalue weighted by Gasteiger charge is 2.30. The van der Waals surface area contributed by atoms with Gasteiger partial charge < -0.3 is 5.32 Å². The normalized spacial score (nSPS) is 11.7. The molecule has 0 fully saturated rings. The Kier molecular flexibility index (Phi) is 5.64. The Morgan fingerprint density at radius 3 is 2.74 bits per heavy atom. The number of hydrogen-bond donors (Lipinski definition) is 1. The third-order valence-corrected chi connectivity index (χ3v) is 4.82. The summed E-state index contributed by atoms with van der Waals surface area (Å²) in [7, 11) is 0. The highest BCUT2D eigenvalue weighted by molar-refractivity contribution is 8.00. The van der Waals surface area contributed by atoms with Crippen LogP contribution in [0, 0.1) is 5.92 Å². The third kappa shape index (κ3) is 5.21. The summed E-state index contributed by atoms with van der Waals surface area (Å²) in [6.45, 7) is 3.53. The van der Waals surface area contributed by atoms with Gasteiger partial charge in [-0.1, -0.05) is 55.1 Å². The molecule has 2 rings (SSSR count). The van der Waals surface area contributed by atoms with Crippen LogP contribution in [-0.2, 0) is 16.7 Å². The van der Waals surface area contributed by atoms with Crippen molar-refractivity contribution in [2.45, 2.75) is 30.1 Å². The smallest absolute Gasteiger partial charge is 0.300 e. The molecule has 0 bridgehead atoms. The lowest BCUT2D eigenvalue weighted by Gasteiger charge is -2.07. The van der Waals surface area contributed by atoms with Gasteiger partial charge in [0.1, 0.15) is 0 Å². The topological polar surface area (TPSA) is 54.9 Å². The second-order valence-corrected chi connectivity index (χ2v) is 7.20. The van der Waals surface area contributed by atoms with Gasteiger partial charge >= 0.3 is 6.18 Å². The van der Waals surface area contributed by atoms with Gasteiger partial charge in [-0.3, -0.25) is 4.79 Å². The van der Waals surface area contributed by atoms with Gasteiger partial charge in [0.25, 0.3) is 0 Å². The van der Waals surface area contributed by atoms with Crippen molar-refractivity contribution in [3.8, 4) is 0 Å². The molecule has 1 aromatic heterocycles. The second kappa shape index (κ2) is 7.31. The summed E-state index contributed by atoms with van der Waals surface area (Å²) in [5.74, 6) is 0.0205. The Bertz CT molecular complexity index is 686. The summed E-state index contributed by atoms with van der Waals surface area (Å²) in [4.78, 5) is 11.5.